The predicted molar refractivity (Wildman–Crippen MR) is 239 cm³/mol. The second-order valence-electron chi connectivity index (χ2n) is 16.8. The number of anilines is 3. The van der Waals surface area contributed by atoms with Gasteiger partial charge in [0.2, 0.25) is 17.7 Å². The molecule has 0 aliphatic carbocycles. The van der Waals surface area contributed by atoms with E-state index in [1.807, 2.05) is 87.8 Å². The Balaban J connectivity index is 0.818. The van der Waals surface area contributed by atoms with Gasteiger partial charge in [0, 0.05) is 68.7 Å². The highest BCUT2D eigenvalue weighted by Crippen LogP contribution is 2.37. The zero-order valence-electron chi connectivity index (χ0n) is 35.5. The number of nitrogens with one attached hydrogen (secondary N) is 2. The second kappa shape index (κ2) is 17.6. The van der Waals surface area contributed by atoms with E-state index in [4.69, 9.17) is 9.26 Å². The number of phenolic OH excluding ortho intramolecular Hbond substituents is 1. The molecule has 0 radical (unpaired) electrons. The number of aryl methyl sites for hydroxylation is 1. The summed E-state index contributed by atoms with van der Waals surface area (Å²) >= 11 is 1.59. The van der Waals surface area contributed by atoms with Crippen molar-refractivity contribution in [3.63, 3.8) is 0 Å². The van der Waals surface area contributed by atoms with Crippen molar-refractivity contribution in [1.82, 2.24) is 35.5 Å². The van der Waals surface area contributed by atoms with Crippen LogP contribution in [0.1, 0.15) is 61.9 Å². The lowest BCUT2D eigenvalue weighted by atomic mass is 9.91. The van der Waals surface area contributed by atoms with Crippen LogP contribution in [0, 0.1) is 12.8 Å². The Kier molecular flexibility index (Phi) is 11.7. The number of para-hydroxylation sites is 1. The van der Waals surface area contributed by atoms with Gasteiger partial charge in [-0.1, -0.05) is 55.4 Å². The topological polar surface area (TPSA) is 195 Å². The summed E-state index contributed by atoms with van der Waals surface area (Å²) in [6.45, 7) is 10.8. The molecule has 3 aliphatic rings. The molecule has 3 aliphatic heterocycles. The van der Waals surface area contributed by atoms with Crippen LogP contribution in [0.15, 0.2) is 89.0 Å². The number of fused-ring (bicyclic) bond motifs is 3. The summed E-state index contributed by atoms with van der Waals surface area (Å²) in [6.07, 6.45) is 1.02. The molecule has 5 atom stereocenters. The molecule has 4 N–H and O–H groups in total. The number of rotatable bonds is 12. The lowest BCUT2D eigenvalue weighted by Crippen LogP contribution is -2.58. The van der Waals surface area contributed by atoms with Gasteiger partial charge in [0.05, 0.1) is 45.7 Å². The Bertz CT molecular complexity index is 2600. The number of aliphatic hydroxyl groups excluding tert-OH is 1. The minimum Gasteiger partial charge on any atom is -0.507 e. The van der Waals surface area contributed by atoms with Gasteiger partial charge in [0.1, 0.15) is 35.8 Å². The lowest BCUT2D eigenvalue weighted by molar-refractivity contribution is -0.141. The van der Waals surface area contributed by atoms with Gasteiger partial charge in [0.15, 0.2) is 5.82 Å². The first-order valence-corrected chi connectivity index (χ1v) is 22.1. The zero-order chi connectivity index (χ0) is 43.8. The first-order chi connectivity index (χ1) is 30.5. The van der Waals surface area contributed by atoms with E-state index >= 15 is 0 Å². The molecule has 0 bridgehead atoms. The predicted octanol–water partition coefficient (Wildman–Crippen LogP) is 5.94. The van der Waals surface area contributed by atoms with E-state index in [0.29, 0.717) is 35.1 Å². The molecular weight excluding hydrogens is 821 g/mol. The molecule has 2 aromatic carbocycles. The Labute approximate surface area is 368 Å². The van der Waals surface area contributed by atoms with Crippen LogP contribution in [-0.4, -0.2) is 103 Å². The standard InChI is InChI=1S/C46H50N10O6S/c1-26(2)42(46(60)56-23-34(57)19-38(56)45(59)50-27(3)29-9-11-30(12-10-29)43-28(4)49-25-63-43)40-17-31(53-62-40)24-61-41-18-32(13-14-47-41)54-15-16-55-33(22-54)21-48-44-37(55)20-36(51-52-44)35-7-5-6-8-39(35)58/h5-14,17-18,20,25-27,33-34,38,42,57-58H,15-16,19,21-24H2,1-4H3,(H,48,52)(H,50,59)/t27-,33?,34+,38-,42?/m0/s1. The fraction of sp³-hybridized carbons (Fsp3) is 0.370. The van der Waals surface area contributed by atoms with E-state index in [-0.39, 0.29) is 55.1 Å². The number of ether oxygens (including phenoxy) is 1. The summed E-state index contributed by atoms with van der Waals surface area (Å²) in [5, 5.41) is 40.7. The molecule has 17 heteroatoms. The van der Waals surface area contributed by atoms with Crippen LogP contribution in [0.5, 0.6) is 11.6 Å². The van der Waals surface area contributed by atoms with Gasteiger partial charge in [0.25, 0.3) is 0 Å². The molecule has 2 unspecified atom stereocenters. The maximum Gasteiger partial charge on any atom is 0.243 e. The van der Waals surface area contributed by atoms with Crippen LogP contribution in [0.2, 0.25) is 0 Å². The number of carbonyl (C=O) groups is 2. The van der Waals surface area contributed by atoms with Gasteiger partial charge in [-0.25, -0.2) is 9.97 Å². The largest absolute Gasteiger partial charge is 0.507 e. The number of thiazole rings is 1. The molecule has 9 rings (SSSR count). The van der Waals surface area contributed by atoms with E-state index in [9.17, 15) is 19.8 Å². The summed E-state index contributed by atoms with van der Waals surface area (Å²) < 4.78 is 11.9. The first-order valence-electron chi connectivity index (χ1n) is 21.3. The van der Waals surface area contributed by atoms with Crippen molar-refractivity contribution in [1.29, 1.82) is 0 Å². The van der Waals surface area contributed by atoms with Crippen LogP contribution in [0.3, 0.4) is 0 Å². The first kappa shape index (κ1) is 41.7. The molecule has 2 fully saturated rings. The summed E-state index contributed by atoms with van der Waals surface area (Å²) in [4.78, 5) is 44.0. The van der Waals surface area contributed by atoms with Gasteiger partial charge in [-0.05, 0) is 55.2 Å². The van der Waals surface area contributed by atoms with Gasteiger partial charge in [-0.15, -0.1) is 21.5 Å². The Morgan fingerprint density at radius 2 is 1.84 bits per heavy atom. The van der Waals surface area contributed by atoms with Gasteiger partial charge in [-0.3, -0.25) is 9.59 Å². The van der Waals surface area contributed by atoms with Crippen molar-refractivity contribution >= 4 is 40.3 Å². The number of nitrogens with zero attached hydrogens (tertiary/aromatic N) is 8. The van der Waals surface area contributed by atoms with Crippen LogP contribution >= 0.6 is 11.3 Å². The van der Waals surface area contributed by atoms with Crippen LogP contribution in [-0.2, 0) is 16.2 Å². The SMILES string of the molecule is Cc1ncsc1-c1ccc([C@H](C)NC(=O)[C@@H]2C[C@@H](O)CN2C(=O)C(c2cc(COc3cc(N4CCN5c6cc(-c7ccccc7O)nnc6NCC5C4)ccn3)no2)C(C)C)cc1. The maximum atomic E-state index is 14.3. The van der Waals surface area contributed by atoms with Crippen molar-refractivity contribution in [2.24, 2.45) is 5.92 Å². The number of phenols is 1. The fourth-order valence-corrected chi connectivity index (χ4v) is 9.64. The van der Waals surface area contributed by atoms with Crippen molar-refractivity contribution in [3.05, 3.63) is 107 Å². The molecular formula is C46H50N10O6S. The minimum atomic E-state index is -0.843. The number of carbonyl (C=O) groups excluding carboxylic acids is 2. The van der Waals surface area contributed by atoms with E-state index in [1.54, 1.807) is 35.7 Å². The molecule has 6 aromatic rings. The normalized spacial score (nSPS) is 19.3. The minimum absolute atomic E-state index is 0.0401. The molecule has 2 amide bonds. The van der Waals surface area contributed by atoms with E-state index < -0.39 is 18.1 Å². The monoisotopic (exact) mass is 870 g/mol. The van der Waals surface area contributed by atoms with Crippen LogP contribution in [0.25, 0.3) is 21.7 Å². The van der Waals surface area contributed by atoms with Gasteiger partial charge >= 0.3 is 0 Å². The fourth-order valence-electron chi connectivity index (χ4n) is 8.82. The highest BCUT2D eigenvalue weighted by atomic mass is 32.1. The summed E-state index contributed by atoms with van der Waals surface area (Å²) in [5.74, 6) is 0.107. The Morgan fingerprint density at radius 1 is 1.02 bits per heavy atom. The molecule has 326 valence electrons. The van der Waals surface area contributed by atoms with Gasteiger partial charge < -0.3 is 44.8 Å². The zero-order valence-corrected chi connectivity index (χ0v) is 36.3. The number of likely N-dealkylation sites (tertiary alicyclic amines) is 1. The van der Waals surface area contributed by atoms with Crippen LogP contribution in [0.4, 0.5) is 17.2 Å². The van der Waals surface area contributed by atoms with E-state index in [0.717, 1.165) is 58.5 Å². The third-order valence-corrected chi connectivity index (χ3v) is 13.1. The number of aromatic hydroxyl groups is 1. The van der Waals surface area contributed by atoms with Crippen molar-refractivity contribution in [2.75, 3.05) is 47.8 Å². The number of aliphatic hydroxyl groups is 1. The number of piperazine rings is 1. The summed E-state index contributed by atoms with van der Waals surface area (Å²) in [5.41, 5.74) is 8.46. The number of hydrogen-bond donors (Lipinski definition) is 4. The number of benzene rings is 2. The maximum absolute atomic E-state index is 14.3. The van der Waals surface area contributed by atoms with Crippen molar-refractivity contribution in [3.8, 4) is 33.3 Å². The number of aromatic nitrogens is 5. The van der Waals surface area contributed by atoms with E-state index in [2.05, 4.69) is 45.8 Å². The lowest BCUT2D eigenvalue weighted by Gasteiger charge is -2.46. The number of hydrogen-bond acceptors (Lipinski definition) is 15. The second-order valence-corrected chi connectivity index (χ2v) is 17.6. The third-order valence-electron chi connectivity index (χ3n) is 12.2. The molecule has 0 spiro atoms. The molecule has 16 nitrogen and oxygen atoms in total. The highest BCUT2D eigenvalue weighted by Gasteiger charge is 2.43. The number of pyridine rings is 1. The van der Waals surface area contributed by atoms with Gasteiger partial charge in [-0.2, -0.15) is 0 Å². The average Bonchev–Trinajstić information content (AvgIpc) is 4.05. The summed E-state index contributed by atoms with van der Waals surface area (Å²) in [7, 11) is 0. The molecule has 4 aromatic heterocycles. The van der Waals surface area contributed by atoms with E-state index in [1.165, 1.54) is 4.90 Å². The molecule has 0 saturated carbocycles. The molecule has 63 heavy (non-hydrogen) atoms. The highest BCUT2D eigenvalue weighted by molar-refractivity contribution is 7.13. The van der Waals surface area contributed by atoms with Crippen LogP contribution < -0.4 is 25.2 Å². The number of β-amino-alcohol motifs (C(OH)–C–C–N with tert-alkyl or cyclic N) is 1. The quantitative estimate of drug-likeness (QED) is 0.113. The molecule has 7 heterocycles. The summed E-state index contributed by atoms with van der Waals surface area (Å²) in [6, 6.07) is 21.7. The number of amides is 2. The van der Waals surface area contributed by atoms with Crippen molar-refractivity contribution in [2.45, 2.75) is 70.9 Å². The smallest absolute Gasteiger partial charge is 0.243 e. The Hall–Kier alpha value is -6.59. The van der Waals surface area contributed by atoms with Crippen molar-refractivity contribution < 1.29 is 29.1 Å². The third kappa shape index (κ3) is 8.62. The average molecular weight is 871 g/mol. The molecule has 2 saturated heterocycles. The Morgan fingerprint density at radius 3 is 2.62 bits per heavy atom.